The quantitative estimate of drug-likeness (QED) is 0.774. The first-order valence-electron chi connectivity index (χ1n) is 6.48. The Balaban J connectivity index is 2.15. The van der Waals surface area contributed by atoms with E-state index in [1.807, 2.05) is 24.3 Å². The third-order valence-corrected chi connectivity index (χ3v) is 3.00. The van der Waals surface area contributed by atoms with E-state index >= 15 is 0 Å². The average molecular weight is 268 g/mol. The second-order valence-electron chi connectivity index (χ2n) is 4.64. The van der Waals surface area contributed by atoms with E-state index < -0.39 is 0 Å². The zero-order valence-electron chi connectivity index (χ0n) is 11.7. The minimum atomic E-state index is -0.206. The molecule has 0 saturated carbocycles. The molecule has 0 spiro atoms. The number of benzene rings is 1. The topological polar surface area (TPSA) is 25.2 Å². The lowest BCUT2D eigenvalue weighted by molar-refractivity contribution is 0.627. The van der Waals surface area contributed by atoms with Gasteiger partial charge in [0.1, 0.15) is 5.82 Å². The molecule has 0 bridgehead atoms. The highest BCUT2D eigenvalue weighted by atomic mass is 19.1. The molecule has 0 atom stereocenters. The molecule has 2 aromatic rings. The molecule has 0 amide bonds. The average Bonchev–Trinajstić information content (AvgIpc) is 2.48. The first-order chi connectivity index (χ1) is 9.69. The summed E-state index contributed by atoms with van der Waals surface area (Å²) in [6, 6.07) is 10.5. The second-order valence-corrected chi connectivity index (χ2v) is 4.64. The van der Waals surface area contributed by atoms with E-state index in [-0.39, 0.29) is 5.82 Å². The number of halogens is 1. The third-order valence-electron chi connectivity index (χ3n) is 3.00. The predicted molar refractivity (Wildman–Crippen MR) is 80.6 cm³/mol. The number of allylic oxidation sites excluding steroid dienone is 2. The van der Waals surface area contributed by atoms with Crippen LogP contribution in [0.3, 0.4) is 0 Å². The van der Waals surface area contributed by atoms with Crippen LogP contribution < -0.4 is 0 Å². The summed E-state index contributed by atoms with van der Waals surface area (Å²) >= 11 is 0. The van der Waals surface area contributed by atoms with Crippen LogP contribution in [-0.2, 0) is 6.42 Å². The highest BCUT2D eigenvalue weighted by molar-refractivity contribution is 6.08. The molecule has 3 heteroatoms. The summed E-state index contributed by atoms with van der Waals surface area (Å²) in [6.07, 6.45) is 6.34. The van der Waals surface area contributed by atoms with Gasteiger partial charge in [-0.2, -0.15) is 0 Å². The van der Waals surface area contributed by atoms with E-state index in [9.17, 15) is 4.39 Å². The van der Waals surface area contributed by atoms with Gasteiger partial charge in [0.05, 0.1) is 5.71 Å². The molecular weight excluding hydrogens is 251 g/mol. The molecule has 0 radical (unpaired) electrons. The van der Waals surface area contributed by atoms with Crippen LogP contribution in [0.1, 0.15) is 18.1 Å². The van der Waals surface area contributed by atoms with E-state index in [2.05, 4.69) is 23.0 Å². The fourth-order valence-electron chi connectivity index (χ4n) is 2.01. The van der Waals surface area contributed by atoms with Crippen molar-refractivity contribution in [3.05, 3.63) is 77.4 Å². The number of hydrogen-bond donors (Lipinski definition) is 0. The number of aliphatic imine (C=N–C) groups is 1. The lowest BCUT2D eigenvalue weighted by Gasteiger charge is -2.05. The van der Waals surface area contributed by atoms with E-state index in [4.69, 9.17) is 0 Å². The zero-order valence-corrected chi connectivity index (χ0v) is 11.7. The molecule has 1 aromatic carbocycles. The summed E-state index contributed by atoms with van der Waals surface area (Å²) in [7, 11) is 1.78. The summed E-state index contributed by atoms with van der Waals surface area (Å²) < 4.78 is 12.9. The van der Waals surface area contributed by atoms with Gasteiger partial charge < -0.3 is 0 Å². The smallest absolute Gasteiger partial charge is 0.123 e. The van der Waals surface area contributed by atoms with Crippen molar-refractivity contribution in [2.24, 2.45) is 4.99 Å². The van der Waals surface area contributed by atoms with Crippen molar-refractivity contribution in [3.63, 3.8) is 0 Å². The number of hydrogen-bond acceptors (Lipinski definition) is 2. The Morgan fingerprint density at radius 3 is 2.40 bits per heavy atom. The number of aromatic nitrogens is 1. The van der Waals surface area contributed by atoms with Gasteiger partial charge in [-0.15, -0.1) is 0 Å². The van der Waals surface area contributed by atoms with Crippen LogP contribution in [0, 0.1) is 5.82 Å². The van der Waals surface area contributed by atoms with Crippen LogP contribution >= 0.6 is 0 Å². The maximum absolute atomic E-state index is 12.9. The van der Waals surface area contributed by atoms with Crippen molar-refractivity contribution >= 4 is 5.71 Å². The molecular formula is C17H17FN2. The van der Waals surface area contributed by atoms with Gasteiger partial charge in [-0.1, -0.05) is 17.7 Å². The third kappa shape index (κ3) is 3.85. The Hall–Kier alpha value is -2.29. The molecule has 102 valence electrons. The van der Waals surface area contributed by atoms with Gasteiger partial charge in [-0.05, 0) is 49.2 Å². The highest BCUT2D eigenvalue weighted by Crippen LogP contribution is 2.11. The lowest BCUT2D eigenvalue weighted by atomic mass is 10.0. The molecule has 20 heavy (non-hydrogen) atoms. The fourth-order valence-corrected chi connectivity index (χ4v) is 2.01. The molecule has 0 N–H and O–H groups in total. The Bertz CT molecular complexity index is 613. The lowest BCUT2D eigenvalue weighted by Crippen LogP contribution is -1.99. The van der Waals surface area contributed by atoms with Gasteiger partial charge in [0, 0.05) is 25.0 Å². The van der Waals surface area contributed by atoms with Gasteiger partial charge in [0.15, 0.2) is 0 Å². The van der Waals surface area contributed by atoms with Crippen molar-refractivity contribution in [1.29, 1.82) is 0 Å². The maximum atomic E-state index is 12.9. The van der Waals surface area contributed by atoms with Crippen LogP contribution in [-0.4, -0.2) is 17.7 Å². The first kappa shape index (κ1) is 14.1. The Kier molecular flexibility index (Phi) is 4.77. The van der Waals surface area contributed by atoms with E-state index in [0.717, 1.165) is 23.3 Å². The Morgan fingerprint density at radius 2 is 1.80 bits per heavy atom. The van der Waals surface area contributed by atoms with Crippen LogP contribution in [0.4, 0.5) is 4.39 Å². The molecule has 0 saturated heterocycles. The normalized spacial score (nSPS) is 12.6. The Morgan fingerprint density at radius 1 is 1.15 bits per heavy atom. The van der Waals surface area contributed by atoms with Crippen LogP contribution in [0.5, 0.6) is 0 Å². The fraction of sp³-hybridized carbons (Fsp3) is 0.176. The van der Waals surface area contributed by atoms with Gasteiger partial charge in [0.25, 0.3) is 0 Å². The number of rotatable bonds is 4. The van der Waals surface area contributed by atoms with Crippen molar-refractivity contribution in [2.45, 2.75) is 13.3 Å². The summed E-state index contributed by atoms with van der Waals surface area (Å²) in [4.78, 5) is 8.31. The molecule has 0 unspecified atom stereocenters. The van der Waals surface area contributed by atoms with Crippen LogP contribution in [0.2, 0.25) is 0 Å². The molecule has 0 aliphatic carbocycles. The number of nitrogens with zero attached hydrogens (tertiary/aromatic N) is 2. The zero-order chi connectivity index (χ0) is 14.4. The second kappa shape index (κ2) is 6.75. The largest absolute Gasteiger partial charge is 0.288 e. The first-order valence-corrected chi connectivity index (χ1v) is 6.48. The maximum Gasteiger partial charge on any atom is 0.123 e. The van der Waals surface area contributed by atoms with Gasteiger partial charge in [-0.25, -0.2) is 4.39 Å². The summed E-state index contributed by atoms with van der Waals surface area (Å²) in [5.74, 6) is -0.206. The molecule has 1 aromatic heterocycles. The molecule has 1 heterocycles. The summed E-state index contributed by atoms with van der Waals surface area (Å²) in [6.45, 7) is 2.05. The predicted octanol–water partition coefficient (Wildman–Crippen LogP) is 3.83. The summed E-state index contributed by atoms with van der Waals surface area (Å²) in [5.41, 5.74) is 4.23. The van der Waals surface area contributed by atoms with Crippen molar-refractivity contribution in [3.8, 4) is 0 Å². The molecule has 0 fully saturated rings. The van der Waals surface area contributed by atoms with Crippen LogP contribution in [0.25, 0.3) is 0 Å². The monoisotopic (exact) mass is 268 g/mol. The SMILES string of the molecule is CN=C(/C=C(\C)Cc1ccc(F)cc1)c1ccncc1. The minimum Gasteiger partial charge on any atom is -0.288 e. The molecule has 0 aliphatic rings. The van der Waals surface area contributed by atoms with Crippen LogP contribution in [0.15, 0.2) is 65.4 Å². The molecule has 2 rings (SSSR count). The van der Waals surface area contributed by atoms with E-state index in [0.29, 0.717) is 0 Å². The van der Waals surface area contributed by atoms with Gasteiger partial charge in [-0.3, -0.25) is 9.98 Å². The summed E-state index contributed by atoms with van der Waals surface area (Å²) in [5, 5.41) is 0. The van der Waals surface area contributed by atoms with Crippen molar-refractivity contribution in [1.82, 2.24) is 4.98 Å². The van der Waals surface area contributed by atoms with Gasteiger partial charge in [0.2, 0.25) is 0 Å². The standard InChI is InChI=1S/C17H17FN2/c1-13(11-14-3-5-16(18)6-4-14)12-17(19-2)15-7-9-20-10-8-15/h3-10,12H,11H2,1-2H3/b13-12+,19-17?. The van der Waals surface area contributed by atoms with Crippen molar-refractivity contribution < 1.29 is 4.39 Å². The number of pyridine rings is 1. The minimum absolute atomic E-state index is 0.206. The molecule has 0 aliphatic heterocycles. The Labute approximate surface area is 118 Å². The van der Waals surface area contributed by atoms with Gasteiger partial charge >= 0.3 is 0 Å². The molecule has 2 nitrogen and oxygen atoms in total. The van der Waals surface area contributed by atoms with Crippen molar-refractivity contribution in [2.75, 3.05) is 7.05 Å². The highest BCUT2D eigenvalue weighted by Gasteiger charge is 2.01. The van der Waals surface area contributed by atoms with E-state index in [1.54, 1.807) is 19.4 Å². The van der Waals surface area contributed by atoms with E-state index in [1.165, 1.54) is 17.7 Å².